The number of aromatic nitrogens is 1. The van der Waals surface area contributed by atoms with Crippen LogP contribution in [0.4, 0.5) is 5.82 Å². The molecule has 1 aromatic rings. The molecule has 0 spiro atoms. The van der Waals surface area contributed by atoms with Crippen molar-refractivity contribution >= 4 is 18.2 Å². The van der Waals surface area contributed by atoms with Gasteiger partial charge in [-0.05, 0) is 17.7 Å². The van der Waals surface area contributed by atoms with Crippen molar-refractivity contribution in [1.82, 2.24) is 4.98 Å². The highest BCUT2D eigenvalue weighted by molar-refractivity contribution is 5.74. The van der Waals surface area contributed by atoms with Gasteiger partial charge in [0.2, 0.25) is 0 Å². The van der Waals surface area contributed by atoms with Crippen LogP contribution in [0.1, 0.15) is 11.1 Å². The first-order chi connectivity index (χ1) is 6.27. The van der Waals surface area contributed by atoms with Crippen molar-refractivity contribution in [3.05, 3.63) is 29.5 Å². The van der Waals surface area contributed by atoms with E-state index in [0.29, 0.717) is 17.4 Å². The van der Waals surface area contributed by atoms with Gasteiger partial charge in [0, 0.05) is 6.20 Å². The molecule has 4 nitrogen and oxygen atoms in total. The molecular weight excluding hydrogens is 166 g/mol. The average Bonchev–Trinajstić information content (AvgIpc) is 2.16. The van der Waals surface area contributed by atoms with E-state index in [-0.39, 0.29) is 5.82 Å². The maximum atomic E-state index is 10.0. The molecular formula is C9H7N3O. The number of hydrogen-bond donors (Lipinski definition) is 1. The number of nitrogens with zero attached hydrogens (tertiary/aromatic N) is 2. The van der Waals surface area contributed by atoms with Crippen LogP contribution < -0.4 is 5.73 Å². The number of rotatable bonds is 2. The zero-order valence-corrected chi connectivity index (χ0v) is 6.77. The lowest BCUT2D eigenvalue weighted by Gasteiger charge is -1.96. The van der Waals surface area contributed by atoms with E-state index in [1.807, 2.05) is 6.07 Å². The summed E-state index contributed by atoms with van der Waals surface area (Å²) in [5.74, 6) is 0.200. The van der Waals surface area contributed by atoms with Gasteiger partial charge in [-0.1, -0.05) is 6.08 Å². The summed E-state index contributed by atoms with van der Waals surface area (Å²) < 4.78 is 0. The second-order valence-electron chi connectivity index (χ2n) is 2.31. The number of anilines is 1. The van der Waals surface area contributed by atoms with Crippen LogP contribution in [0.5, 0.6) is 0 Å². The molecule has 0 aliphatic heterocycles. The predicted octanol–water partition coefficient (Wildman–Crippen LogP) is 0.748. The lowest BCUT2D eigenvalue weighted by Crippen LogP contribution is -1.94. The van der Waals surface area contributed by atoms with Crippen molar-refractivity contribution in [2.75, 3.05) is 5.73 Å². The molecule has 0 saturated carbocycles. The Hall–Kier alpha value is -2.15. The Morgan fingerprint density at radius 1 is 1.62 bits per heavy atom. The summed E-state index contributed by atoms with van der Waals surface area (Å²) in [5, 5.41) is 8.60. The Kier molecular flexibility index (Phi) is 2.77. The van der Waals surface area contributed by atoms with Crippen LogP contribution >= 0.6 is 0 Å². The molecule has 0 aliphatic rings. The van der Waals surface area contributed by atoms with Gasteiger partial charge in [-0.3, -0.25) is 4.79 Å². The normalized spacial score (nSPS) is 9.77. The van der Waals surface area contributed by atoms with Crippen LogP contribution in [0.3, 0.4) is 0 Å². The number of pyridine rings is 1. The fraction of sp³-hybridized carbons (Fsp3) is 0. The van der Waals surface area contributed by atoms with E-state index in [1.54, 1.807) is 12.1 Å². The molecule has 0 bridgehead atoms. The van der Waals surface area contributed by atoms with Crippen LogP contribution in [0, 0.1) is 11.3 Å². The number of carbonyl (C=O) groups excluding carboxylic acids is 1. The molecule has 1 aromatic heterocycles. The molecule has 0 saturated heterocycles. The molecule has 1 rings (SSSR count). The van der Waals surface area contributed by atoms with Gasteiger partial charge in [0.05, 0.1) is 5.56 Å². The number of aldehydes is 1. The van der Waals surface area contributed by atoms with Gasteiger partial charge in [-0.2, -0.15) is 5.26 Å². The molecule has 0 radical (unpaired) electrons. The van der Waals surface area contributed by atoms with Crippen molar-refractivity contribution in [3.63, 3.8) is 0 Å². The summed E-state index contributed by atoms with van der Waals surface area (Å²) in [6, 6.07) is 3.47. The molecule has 2 N–H and O–H groups in total. The van der Waals surface area contributed by atoms with Crippen molar-refractivity contribution in [3.8, 4) is 6.07 Å². The number of hydrogen-bond acceptors (Lipinski definition) is 4. The minimum Gasteiger partial charge on any atom is -0.383 e. The third-order valence-electron chi connectivity index (χ3n) is 1.43. The Balaban J connectivity index is 3.08. The van der Waals surface area contributed by atoms with Gasteiger partial charge >= 0.3 is 0 Å². The fourth-order valence-electron chi connectivity index (χ4n) is 0.823. The maximum Gasteiger partial charge on any atom is 0.142 e. The van der Waals surface area contributed by atoms with Crippen LogP contribution in [0.25, 0.3) is 6.08 Å². The lowest BCUT2D eigenvalue weighted by atomic mass is 10.2. The summed E-state index contributed by atoms with van der Waals surface area (Å²) in [5.41, 5.74) is 6.39. The molecule has 0 unspecified atom stereocenters. The summed E-state index contributed by atoms with van der Waals surface area (Å²) in [4.78, 5) is 13.8. The summed E-state index contributed by atoms with van der Waals surface area (Å²) in [6.45, 7) is 0. The van der Waals surface area contributed by atoms with Gasteiger partial charge in [0.25, 0.3) is 0 Å². The first kappa shape index (κ1) is 8.94. The van der Waals surface area contributed by atoms with Crippen molar-refractivity contribution < 1.29 is 4.79 Å². The molecule has 13 heavy (non-hydrogen) atoms. The quantitative estimate of drug-likeness (QED) is 0.528. The van der Waals surface area contributed by atoms with Gasteiger partial charge in [0.15, 0.2) is 0 Å². The predicted molar refractivity (Wildman–Crippen MR) is 48.5 cm³/mol. The highest BCUT2D eigenvalue weighted by atomic mass is 16.1. The average molecular weight is 173 g/mol. The summed E-state index contributed by atoms with van der Waals surface area (Å²) >= 11 is 0. The Bertz CT molecular complexity index is 390. The van der Waals surface area contributed by atoms with E-state index in [1.165, 1.54) is 12.3 Å². The van der Waals surface area contributed by atoms with Crippen LogP contribution in [-0.4, -0.2) is 11.3 Å². The molecule has 1 heterocycles. The molecule has 64 valence electrons. The minimum absolute atomic E-state index is 0.200. The van der Waals surface area contributed by atoms with Gasteiger partial charge in [-0.25, -0.2) is 4.98 Å². The topological polar surface area (TPSA) is 79.8 Å². The zero-order chi connectivity index (χ0) is 9.68. The third-order valence-corrected chi connectivity index (χ3v) is 1.43. The van der Waals surface area contributed by atoms with Gasteiger partial charge < -0.3 is 5.73 Å². The van der Waals surface area contributed by atoms with Crippen LogP contribution in [-0.2, 0) is 4.79 Å². The number of nitriles is 1. The second kappa shape index (κ2) is 4.02. The van der Waals surface area contributed by atoms with Crippen molar-refractivity contribution in [2.45, 2.75) is 0 Å². The maximum absolute atomic E-state index is 10.0. The molecule has 0 aromatic carbocycles. The van der Waals surface area contributed by atoms with Gasteiger partial charge in [0.1, 0.15) is 18.2 Å². The molecule has 0 atom stereocenters. The smallest absolute Gasteiger partial charge is 0.142 e. The standard InChI is InChI=1S/C9H7N3O/c10-5-8-4-7(2-1-3-13)6-12-9(8)11/h1-4,6H,(H2,11,12). The van der Waals surface area contributed by atoms with Crippen molar-refractivity contribution in [1.29, 1.82) is 5.26 Å². The summed E-state index contributed by atoms with van der Waals surface area (Å²) in [6.07, 6.45) is 5.03. The van der Waals surface area contributed by atoms with Crippen LogP contribution in [0.15, 0.2) is 18.3 Å². The van der Waals surface area contributed by atoms with Crippen molar-refractivity contribution in [2.24, 2.45) is 0 Å². The largest absolute Gasteiger partial charge is 0.383 e. The van der Waals surface area contributed by atoms with E-state index in [0.717, 1.165) is 0 Å². The molecule has 4 heteroatoms. The highest BCUT2D eigenvalue weighted by Gasteiger charge is 1.98. The van der Waals surface area contributed by atoms with E-state index >= 15 is 0 Å². The molecule has 0 fully saturated rings. The third kappa shape index (κ3) is 2.14. The minimum atomic E-state index is 0.200. The SMILES string of the molecule is N#Cc1cc(C=CC=O)cnc1N. The Labute approximate surface area is 75.3 Å². The number of nitrogens with two attached hydrogens (primary N) is 1. The molecule has 0 amide bonds. The van der Waals surface area contributed by atoms with Crippen LogP contribution in [0.2, 0.25) is 0 Å². The Morgan fingerprint density at radius 2 is 2.38 bits per heavy atom. The Morgan fingerprint density at radius 3 is 3.00 bits per heavy atom. The van der Waals surface area contributed by atoms with E-state index in [9.17, 15) is 4.79 Å². The van der Waals surface area contributed by atoms with E-state index < -0.39 is 0 Å². The highest BCUT2D eigenvalue weighted by Crippen LogP contribution is 2.10. The molecule has 0 aliphatic carbocycles. The number of allylic oxidation sites excluding steroid dienone is 1. The number of nitrogen functional groups attached to an aromatic ring is 1. The fourth-order valence-corrected chi connectivity index (χ4v) is 0.823. The van der Waals surface area contributed by atoms with E-state index in [4.69, 9.17) is 11.0 Å². The van der Waals surface area contributed by atoms with E-state index in [2.05, 4.69) is 4.98 Å². The monoisotopic (exact) mass is 173 g/mol. The zero-order valence-electron chi connectivity index (χ0n) is 6.77. The second-order valence-corrected chi connectivity index (χ2v) is 2.31. The first-order valence-electron chi connectivity index (χ1n) is 3.55. The van der Waals surface area contributed by atoms with Gasteiger partial charge in [-0.15, -0.1) is 0 Å². The lowest BCUT2D eigenvalue weighted by molar-refractivity contribution is -0.104. The number of carbonyl (C=O) groups is 1. The summed E-state index contributed by atoms with van der Waals surface area (Å²) in [7, 11) is 0. The first-order valence-corrected chi connectivity index (χ1v) is 3.55.